The summed E-state index contributed by atoms with van der Waals surface area (Å²) in [6.07, 6.45) is -3.01. The molecule has 6 nitrogen and oxygen atoms in total. The topological polar surface area (TPSA) is 86.5 Å². The first-order valence-corrected chi connectivity index (χ1v) is 6.15. The summed E-state index contributed by atoms with van der Waals surface area (Å²) in [7, 11) is 0. The van der Waals surface area contributed by atoms with Gasteiger partial charge < -0.3 is 20.5 Å². The first kappa shape index (κ1) is 17.0. The van der Waals surface area contributed by atoms with Crippen molar-refractivity contribution in [3.05, 3.63) is 17.8 Å². The largest absolute Gasteiger partial charge is 0.462 e. The molecule has 0 unspecified atom stereocenters. The molecule has 1 aromatic rings. The van der Waals surface area contributed by atoms with Crippen LogP contribution in [-0.2, 0) is 9.47 Å². The maximum atomic E-state index is 11.9. The van der Waals surface area contributed by atoms with Gasteiger partial charge in [-0.25, -0.2) is 9.78 Å². The molecule has 0 saturated heterocycles. The lowest BCUT2D eigenvalue weighted by Crippen LogP contribution is -2.20. The number of nitrogen functional groups attached to an aromatic ring is 1. The summed E-state index contributed by atoms with van der Waals surface area (Å²) in [5, 5.41) is 2.70. The van der Waals surface area contributed by atoms with Crippen molar-refractivity contribution in [3.63, 3.8) is 0 Å². The Balaban J connectivity index is 2.52. The Bertz CT molecular complexity index is 481. The number of alkyl halides is 3. The minimum absolute atomic E-state index is 0.0690. The standard InChI is InChI=1S/C12H16F3N3O3/c1-2-21-11(19)8-3-4-17-10(9(8)16)18-5-6-20-7-12(13,14)15/h3-4H,2,5-7,16H2,1H3,(H,17,18). The molecule has 0 aliphatic carbocycles. The van der Waals surface area contributed by atoms with E-state index in [1.165, 1.54) is 12.3 Å². The molecule has 3 N–H and O–H groups in total. The number of nitrogens with two attached hydrogens (primary N) is 1. The van der Waals surface area contributed by atoms with Crippen molar-refractivity contribution in [1.82, 2.24) is 4.98 Å². The first-order valence-electron chi connectivity index (χ1n) is 6.15. The van der Waals surface area contributed by atoms with E-state index in [4.69, 9.17) is 10.5 Å². The molecule has 0 spiro atoms. The number of hydrogen-bond donors (Lipinski definition) is 2. The van der Waals surface area contributed by atoms with Crippen molar-refractivity contribution in [2.75, 3.05) is 37.4 Å². The van der Waals surface area contributed by atoms with Crippen LogP contribution in [0.4, 0.5) is 24.7 Å². The molecule has 0 saturated carbocycles. The van der Waals surface area contributed by atoms with E-state index >= 15 is 0 Å². The van der Waals surface area contributed by atoms with Crippen LogP contribution in [0, 0.1) is 0 Å². The highest BCUT2D eigenvalue weighted by Gasteiger charge is 2.27. The van der Waals surface area contributed by atoms with E-state index in [1.807, 2.05) is 0 Å². The van der Waals surface area contributed by atoms with Crippen LogP contribution in [0.3, 0.4) is 0 Å². The number of ether oxygens (including phenoxy) is 2. The maximum Gasteiger partial charge on any atom is 0.411 e. The molecule has 1 aromatic heterocycles. The molecule has 0 aliphatic rings. The summed E-state index contributed by atoms with van der Waals surface area (Å²) >= 11 is 0. The van der Waals surface area contributed by atoms with Gasteiger partial charge in [0.15, 0.2) is 0 Å². The second-order valence-electron chi connectivity index (χ2n) is 3.94. The molecule has 9 heteroatoms. The maximum absolute atomic E-state index is 11.9. The molecule has 0 radical (unpaired) electrons. The van der Waals surface area contributed by atoms with E-state index in [2.05, 4.69) is 15.0 Å². The Morgan fingerprint density at radius 2 is 2.19 bits per heavy atom. The Labute approximate surface area is 119 Å². The van der Waals surface area contributed by atoms with Gasteiger partial charge in [0.25, 0.3) is 0 Å². The Kier molecular flexibility index (Phi) is 6.22. The van der Waals surface area contributed by atoms with Crippen molar-refractivity contribution >= 4 is 17.5 Å². The number of aromatic nitrogens is 1. The van der Waals surface area contributed by atoms with E-state index in [0.29, 0.717) is 0 Å². The number of anilines is 2. The van der Waals surface area contributed by atoms with Gasteiger partial charge in [-0.1, -0.05) is 0 Å². The number of carbonyl (C=O) groups is 1. The average Bonchev–Trinajstić information content (AvgIpc) is 2.39. The predicted octanol–water partition coefficient (Wildman–Crippen LogP) is 1.83. The van der Waals surface area contributed by atoms with Gasteiger partial charge in [0.1, 0.15) is 12.4 Å². The molecule has 1 heterocycles. The lowest BCUT2D eigenvalue weighted by atomic mass is 10.2. The molecule has 0 aromatic carbocycles. The van der Waals surface area contributed by atoms with Crippen molar-refractivity contribution in [2.24, 2.45) is 0 Å². The molecule has 0 bridgehead atoms. The van der Waals surface area contributed by atoms with E-state index < -0.39 is 18.8 Å². The van der Waals surface area contributed by atoms with Crippen LogP contribution >= 0.6 is 0 Å². The highest BCUT2D eigenvalue weighted by atomic mass is 19.4. The summed E-state index contributed by atoms with van der Waals surface area (Å²) in [4.78, 5) is 15.5. The van der Waals surface area contributed by atoms with E-state index in [9.17, 15) is 18.0 Å². The SMILES string of the molecule is CCOC(=O)c1ccnc(NCCOCC(F)(F)F)c1N. The second-order valence-corrected chi connectivity index (χ2v) is 3.94. The van der Waals surface area contributed by atoms with Gasteiger partial charge in [-0.05, 0) is 13.0 Å². The number of nitrogens with zero attached hydrogens (tertiary/aromatic N) is 1. The summed E-state index contributed by atoms with van der Waals surface area (Å²) in [5.74, 6) is -0.398. The normalized spacial score (nSPS) is 11.2. The fourth-order valence-corrected chi connectivity index (χ4v) is 1.43. The third-order valence-electron chi connectivity index (χ3n) is 2.29. The highest BCUT2D eigenvalue weighted by Crippen LogP contribution is 2.20. The van der Waals surface area contributed by atoms with Crippen LogP contribution in [0.15, 0.2) is 12.3 Å². The fraction of sp³-hybridized carbons (Fsp3) is 0.500. The number of rotatable bonds is 7. The monoisotopic (exact) mass is 307 g/mol. The number of esters is 1. The molecule has 118 valence electrons. The third-order valence-corrected chi connectivity index (χ3v) is 2.29. The summed E-state index contributed by atoms with van der Waals surface area (Å²) < 4.78 is 44.8. The highest BCUT2D eigenvalue weighted by molar-refractivity contribution is 5.97. The quantitative estimate of drug-likeness (QED) is 0.590. The molecule has 0 atom stereocenters. The Morgan fingerprint density at radius 1 is 1.48 bits per heavy atom. The minimum atomic E-state index is -4.36. The number of carbonyl (C=O) groups excluding carboxylic acids is 1. The molecule has 21 heavy (non-hydrogen) atoms. The number of hydrogen-bond acceptors (Lipinski definition) is 6. The van der Waals surface area contributed by atoms with Crippen molar-refractivity contribution in [3.8, 4) is 0 Å². The molecular weight excluding hydrogens is 291 g/mol. The van der Waals surface area contributed by atoms with Crippen molar-refractivity contribution in [1.29, 1.82) is 0 Å². The van der Waals surface area contributed by atoms with E-state index in [0.717, 1.165) is 0 Å². The lowest BCUT2D eigenvalue weighted by molar-refractivity contribution is -0.172. The zero-order chi connectivity index (χ0) is 15.9. The number of nitrogens with one attached hydrogen (secondary N) is 1. The first-order chi connectivity index (χ1) is 9.85. The number of pyridine rings is 1. The van der Waals surface area contributed by atoms with Gasteiger partial charge in [-0.3, -0.25) is 0 Å². The molecule has 0 fully saturated rings. The van der Waals surface area contributed by atoms with Gasteiger partial charge in [0, 0.05) is 12.7 Å². The van der Waals surface area contributed by atoms with E-state index in [1.54, 1.807) is 6.92 Å². The number of halogens is 3. The Morgan fingerprint density at radius 3 is 2.81 bits per heavy atom. The van der Waals surface area contributed by atoms with Crippen LogP contribution < -0.4 is 11.1 Å². The molecule has 1 rings (SSSR count). The summed E-state index contributed by atoms with van der Waals surface area (Å²) in [6.45, 7) is 0.436. The molecular formula is C12H16F3N3O3. The van der Waals surface area contributed by atoms with Crippen LogP contribution in [0.5, 0.6) is 0 Å². The van der Waals surface area contributed by atoms with Crippen molar-refractivity contribution in [2.45, 2.75) is 13.1 Å². The van der Waals surface area contributed by atoms with Crippen LogP contribution in [0.25, 0.3) is 0 Å². The fourth-order valence-electron chi connectivity index (χ4n) is 1.43. The van der Waals surface area contributed by atoms with Crippen molar-refractivity contribution < 1.29 is 27.4 Å². The lowest BCUT2D eigenvalue weighted by Gasteiger charge is -2.12. The van der Waals surface area contributed by atoms with Crippen LogP contribution in [0.2, 0.25) is 0 Å². The third kappa shape index (κ3) is 5.86. The smallest absolute Gasteiger partial charge is 0.411 e. The second kappa shape index (κ2) is 7.67. The average molecular weight is 307 g/mol. The zero-order valence-electron chi connectivity index (χ0n) is 11.4. The van der Waals surface area contributed by atoms with Gasteiger partial charge in [0.2, 0.25) is 0 Å². The van der Waals surface area contributed by atoms with Gasteiger partial charge >= 0.3 is 12.1 Å². The summed E-state index contributed by atoms with van der Waals surface area (Å²) in [6, 6.07) is 1.40. The minimum Gasteiger partial charge on any atom is -0.462 e. The van der Waals surface area contributed by atoms with Crippen LogP contribution in [-0.4, -0.2) is 43.5 Å². The predicted molar refractivity (Wildman–Crippen MR) is 70.0 cm³/mol. The van der Waals surface area contributed by atoms with E-state index in [-0.39, 0.29) is 36.8 Å². The Hall–Kier alpha value is -2.03. The summed E-state index contributed by atoms with van der Waals surface area (Å²) in [5.41, 5.74) is 5.97. The van der Waals surface area contributed by atoms with Gasteiger partial charge in [-0.2, -0.15) is 13.2 Å². The van der Waals surface area contributed by atoms with Gasteiger partial charge in [-0.15, -0.1) is 0 Å². The molecule has 0 aliphatic heterocycles. The molecule has 0 amide bonds. The van der Waals surface area contributed by atoms with Crippen LogP contribution in [0.1, 0.15) is 17.3 Å². The zero-order valence-corrected chi connectivity index (χ0v) is 11.4. The van der Waals surface area contributed by atoms with Gasteiger partial charge in [0.05, 0.1) is 24.5 Å².